The van der Waals surface area contributed by atoms with E-state index in [2.05, 4.69) is 0 Å². The molecule has 0 aromatic rings. The zero-order chi connectivity index (χ0) is 4.28. The van der Waals surface area contributed by atoms with Crippen molar-refractivity contribution < 1.29 is 4.48 Å². The van der Waals surface area contributed by atoms with Crippen LogP contribution in [0.3, 0.4) is 0 Å². The van der Waals surface area contributed by atoms with Gasteiger partial charge in [0.15, 0.2) is 0 Å². The van der Waals surface area contributed by atoms with E-state index >= 15 is 0 Å². The van der Waals surface area contributed by atoms with Crippen molar-refractivity contribution >= 4 is 7.85 Å². The van der Waals surface area contributed by atoms with Crippen molar-refractivity contribution in [1.82, 2.24) is 5.12 Å². The molecule has 0 rings (SSSR count). The van der Waals surface area contributed by atoms with Crippen LogP contribution in [0.1, 0.15) is 0 Å². The van der Waals surface area contributed by atoms with Gasteiger partial charge in [0.2, 0.25) is 0 Å². The number of rotatable bonds is 1. The number of hydrogen-bond donors (Lipinski definition) is 0. The highest BCUT2D eigenvalue weighted by molar-refractivity contribution is 6.08. The standard InChI is InChI=1S/C2H7BFN/c1-5(4)2-3/h2-3H2,1H3. The molecule has 0 aliphatic heterocycles. The quantitative estimate of drug-likeness (QED) is 0.297. The first-order valence-corrected chi connectivity index (χ1v) is 1.64. The molecule has 0 spiro atoms. The van der Waals surface area contributed by atoms with Crippen molar-refractivity contribution in [2.75, 3.05) is 13.5 Å². The molecule has 0 bridgehead atoms. The molecule has 0 saturated carbocycles. The van der Waals surface area contributed by atoms with E-state index in [4.69, 9.17) is 0 Å². The third-order valence-electron chi connectivity index (χ3n) is 0.436. The highest BCUT2D eigenvalue weighted by Gasteiger charge is 1.78. The van der Waals surface area contributed by atoms with E-state index in [-0.39, 0.29) is 0 Å². The van der Waals surface area contributed by atoms with E-state index in [1.807, 2.05) is 0 Å². The lowest BCUT2D eigenvalue weighted by Gasteiger charge is -1.93. The highest BCUT2D eigenvalue weighted by Crippen LogP contribution is 1.70. The number of halogens is 1. The van der Waals surface area contributed by atoms with Crippen molar-refractivity contribution in [1.29, 1.82) is 0 Å². The molecule has 0 fully saturated rings. The van der Waals surface area contributed by atoms with Gasteiger partial charge in [0.25, 0.3) is 0 Å². The summed E-state index contributed by atoms with van der Waals surface area (Å²) in [6.45, 7) is 0. The van der Waals surface area contributed by atoms with Gasteiger partial charge in [-0.25, -0.2) is 0 Å². The summed E-state index contributed by atoms with van der Waals surface area (Å²) in [6.07, 6.45) is 0.472. The normalized spacial score (nSPS) is 9.40. The Balaban J connectivity index is 2.54. The second-order valence-corrected chi connectivity index (χ2v) is 0.921. The molecule has 0 atom stereocenters. The maximum absolute atomic E-state index is 11.3. The van der Waals surface area contributed by atoms with Crippen LogP contribution in [-0.4, -0.2) is 26.5 Å². The van der Waals surface area contributed by atoms with Gasteiger partial charge in [0.05, 0.1) is 0 Å². The van der Waals surface area contributed by atoms with Crippen LogP contribution in [0.5, 0.6) is 0 Å². The monoisotopic (exact) mass is 75.1 g/mol. The van der Waals surface area contributed by atoms with Gasteiger partial charge < -0.3 is 0 Å². The Labute approximate surface area is 32.1 Å². The van der Waals surface area contributed by atoms with Crippen molar-refractivity contribution in [3.63, 3.8) is 0 Å². The van der Waals surface area contributed by atoms with Crippen LogP contribution >= 0.6 is 0 Å². The molecule has 0 aliphatic carbocycles. The molecule has 0 aliphatic rings. The summed E-state index contributed by atoms with van der Waals surface area (Å²) >= 11 is 0. The molecule has 0 aromatic heterocycles. The van der Waals surface area contributed by atoms with Gasteiger partial charge in [-0.15, -0.1) is 4.48 Å². The zero-order valence-electron chi connectivity index (χ0n) is 3.53. The van der Waals surface area contributed by atoms with Crippen LogP contribution in [0.2, 0.25) is 0 Å². The first kappa shape index (κ1) is 4.95. The Morgan fingerprint density at radius 3 is 2.20 bits per heavy atom. The average Bonchev–Trinajstić information content (AvgIpc) is 1.38. The summed E-state index contributed by atoms with van der Waals surface area (Å²) in [6, 6.07) is 0. The Morgan fingerprint density at radius 1 is 2.00 bits per heavy atom. The summed E-state index contributed by atoms with van der Waals surface area (Å²) in [5.74, 6) is 0. The lowest BCUT2D eigenvalue weighted by Crippen LogP contribution is -2.06. The minimum atomic E-state index is 0.472. The van der Waals surface area contributed by atoms with Crippen LogP contribution in [0.15, 0.2) is 0 Å². The Bertz CT molecular complexity index is 23.6. The summed E-state index contributed by atoms with van der Waals surface area (Å²) in [5, 5.41) is 0.625. The summed E-state index contributed by atoms with van der Waals surface area (Å²) in [4.78, 5) is 0. The van der Waals surface area contributed by atoms with E-state index in [1.54, 1.807) is 7.85 Å². The van der Waals surface area contributed by atoms with Crippen molar-refractivity contribution in [3.05, 3.63) is 0 Å². The summed E-state index contributed by atoms with van der Waals surface area (Å²) in [5.41, 5.74) is 0. The molecule has 0 radical (unpaired) electrons. The minimum Gasteiger partial charge on any atom is -0.158 e. The minimum absolute atomic E-state index is 0.472. The fourth-order valence-corrected chi connectivity index (χ4v) is 0. The van der Waals surface area contributed by atoms with Gasteiger partial charge in [-0.05, 0) is 6.44 Å². The van der Waals surface area contributed by atoms with Crippen molar-refractivity contribution in [3.8, 4) is 0 Å². The SMILES string of the molecule is BCN(C)F. The van der Waals surface area contributed by atoms with E-state index in [9.17, 15) is 4.48 Å². The fourth-order valence-electron chi connectivity index (χ4n) is 0. The third-order valence-corrected chi connectivity index (χ3v) is 0.436. The van der Waals surface area contributed by atoms with Crippen LogP contribution in [0, 0.1) is 0 Å². The topological polar surface area (TPSA) is 3.24 Å². The predicted molar refractivity (Wildman–Crippen MR) is 22.3 cm³/mol. The van der Waals surface area contributed by atoms with Crippen molar-refractivity contribution in [2.24, 2.45) is 0 Å². The first-order valence-electron chi connectivity index (χ1n) is 1.64. The van der Waals surface area contributed by atoms with E-state index in [0.29, 0.717) is 11.6 Å². The molecule has 0 amide bonds. The molecule has 30 valence electrons. The molecule has 3 heteroatoms. The molecule has 5 heavy (non-hydrogen) atoms. The largest absolute Gasteiger partial charge is 0.158 e. The Hall–Kier alpha value is -0.0451. The lowest BCUT2D eigenvalue weighted by molar-refractivity contribution is 0.0859. The Morgan fingerprint density at radius 2 is 2.20 bits per heavy atom. The van der Waals surface area contributed by atoms with Crippen LogP contribution in [-0.2, 0) is 0 Å². The maximum Gasteiger partial charge on any atom is 0.123 e. The molecule has 0 N–H and O–H groups in total. The lowest BCUT2D eigenvalue weighted by atomic mass is 10.2. The maximum atomic E-state index is 11.3. The van der Waals surface area contributed by atoms with Crippen LogP contribution in [0.4, 0.5) is 4.48 Å². The zero-order valence-corrected chi connectivity index (χ0v) is 3.53. The number of nitrogens with zero attached hydrogens (tertiary/aromatic N) is 1. The van der Waals surface area contributed by atoms with Gasteiger partial charge in [-0.1, -0.05) is 0 Å². The Kier molecular flexibility index (Phi) is 2.19. The molecule has 0 unspecified atom stereocenters. The second kappa shape index (κ2) is 2.21. The third kappa shape index (κ3) is 3.95. The smallest absolute Gasteiger partial charge is 0.123 e. The molecule has 1 nitrogen and oxygen atoms in total. The molecule has 0 saturated heterocycles. The van der Waals surface area contributed by atoms with Crippen molar-refractivity contribution in [2.45, 2.75) is 0 Å². The van der Waals surface area contributed by atoms with Gasteiger partial charge in [-0.2, -0.15) is 5.12 Å². The van der Waals surface area contributed by atoms with E-state index < -0.39 is 0 Å². The van der Waals surface area contributed by atoms with E-state index in [1.165, 1.54) is 7.05 Å². The molecule has 0 aromatic carbocycles. The average molecular weight is 74.9 g/mol. The van der Waals surface area contributed by atoms with Gasteiger partial charge >= 0.3 is 0 Å². The molecular formula is C2H7BFN. The van der Waals surface area contributed by atoms with Gasteiger partial charge in [0.1, 0.15) is 7.85 Å². The predicted octanol–water partition coefficient (Wildman–Crippen LogP) is -0.607. The molecule has 0 heterocycles. The van der Waals surface area contributed by atoms with Crippen LogP contribution in [0.25, 0.3) is 0 Å². The van der Waals surface area contributed by atoms with E-state index in [0.717, 1.165) is 0 Å². The first-order chi connectivity index (χ1) is 2.27. The fraction of sp³-hybridized carbons (Fsp3) is 1.00. The van der Waals surface area contributed by atoms with Crippen LogP contribution < -0.4 is 0 Å². The second-order valence-electron chi connectivity index (χ2n) is 0.921. The summed E-state index contributed by atoms with van der Waals surface area (Å²) in [7, 11) is 3.14. The van der Waals surface area contributed by atoms with Gasteiger partial charge in [-0.3, -0.25) is 0 Å². The number of hydrogen-bond acceptors (Lipinski definition) is 1. The highest BCUT2D eigenvalue weighted by atomic mass is 19.2. The molecular weight excluding hydrogens is 67.8 g/mol. The summed E-state index contributed by atoms with van der Waals surface area (Å²) < 4.78 is 11.3. The van der Waals surface area contributed by atoms with Gasteiger partial charge in [0, 0.05) is 7.05 Å².